The summed E-state index contributed by atoms with van der Waals surface area (Å²) in [6.45, 7) is 2.43. The predicted octanol–water partition coefficient (Wildman–Crippen LogP) is 2.75. The number of nitrogens with one attached hydrogen (secondary N) is 2. The number of piperidine rings is 1. The van der Waals surface area contributed by atoms with Gasteiger partial charge in [-0.05, 0) is 44.3 Å². The van der Waals surface area contributed by atoms with Gasteiger partial charge in [-0.1, -0.05) is 12.2 Å². The highest BCUT2D eigenvalue weighted by atomic mass is 19.3. The van der Waals surface area contributed by atoms with Gasteiger partial charge in [-0.3, -0.25) is 15.1 Å². The van der Waals surface area contributed by atoms with E-state index in [4.69, 9.17) is 15.9 Å². The molecule has 2 aliphatic heterocycles. The third kappa shape index (κ3) is 6.22. The van der Waals surface area contributed by atoms with Crippen LogP contribution < -0.4 is 11.1 Å². The zero-order chi connectivity index (χ0) is 22.4. The second-order valence-corrected chi connectivity index (χ2v) is 8.29. The molecule has 3 aliphatic rings. The second kappa shape index (κ2) is 10.2. The number of ether oxygens (including phenoxy) is 1. The van der Waals surface area contributed by atoms with Gasteiger partial charge in [0.2, 0.25) is 5.90 Å². The third-order valence-corrected chi connectivity index (χ3v) is 6.02. The Kier molecular flexibility index (Phi) is 7.59. The number of carbonyl (C=O) groups is 1. The average molecular weight is 436 g/mol. The molecule has 1 aliphatic carbocycles. The second-order valence-electron chi connectivity index (χ2n) is 8.29. The Morgan fingerprint density at radius 2 is 2.16 bits per heavy atom. The molecule has 7 nitrogen and oxygen atoms in total. The van der Waals surface area contributed by atoms with E-state index in [0.717, 1.165) is 25.7 Å². The molecule has 0 unspecified atom stereocenters. The number of amidine groups is 1. The fourth-order valence-corrected chi connectivity index (χ4v) is 4.13. The van der Waals surface area contributed by atoms with E-state index in [0.29, 0.717) is 12.1 Å². The van der Waals surface area contributed by atoms with Crippen molar-refractivity contribution in [3.63, 3.8) is 0 Å². The van der Waals surface area contributed by atoms with Crippen LogP contribution in [0, 0.1) is 11.3 Å². The maximum absolute atomic E-state index is 14.5. The lowest BCUT2D eigenvalue weighted by Crippen LogP contribution is -2.52. The Balaban J connectivity index is 1.58. The van der Waals surface area contributed by atoms with E-state index in [9.17, 15) is 13.6 Å². The van der Waals surface area contributed by atoms with Crippen LogP contribution in [0.4, 0.5) is 8.78 Å². The van der Waals surface area contributed by atoms with E-state index in [1.807, 2.05) is 6.08 Å². The molecule has 9 heteroatoms. The highest BCUT2D eigenvalue weighted by molar-refractivity contribution is 6.04. The lowest BCUT2D eigenvalue weighted by Gasteiger charge is -2.41. The minimum Gasteiger partial charge on any atom is -0.475 e. The number of alkyl halides is 2. The van der Waals surface area contributed by atoms with Gasteiger partial charge >= 0.3 is 0 Å². The number of hydrogen-bond donors (Lipinski definition) is 3. The Morgan fingerprint density at radius 3 is 2.84 bits per heavy atom. The quantitative estimate of drug-likeness (QED) is 0.440. The van der Waals surface area contributed by atoms with E-state index in [-0.39, 0.29) is 37.3 Å². The summed E-state index contributed by atoms with van der Waals surface area (Å²) < 4.78 is 34.5. The predicted molar refractivity (Wildman–Crippen MR) is 116 cm³/mol. The van der Waals surface area contributed by atoms with Gasteiger partial charge in [-0.2, -0.15) is 4.99 Å². The Labute approximate surface area is 181 Å². The molecule has 170 valence electrons. The lowest BCUT2D eigenvalue weighted by molar-refractivity contribution is -0.129. The van der Waals surface area contributed by atoms with Crippen molar-refractivity contribution in [1.29, 1.82) is 5.41 Å². The summed E-state index contributed by atoms with van der Waals surface area (Å²) in [5.41, 5.74) is 6.35. The van der Waals surface area contributed by atoms with Crippen molar-refractivity contribution in [3.8, 4) is 0 Å². The van der Waals surface area contributed by atoms with E-state index in [2.05, 4.69) is 10.3 Å². The lowest BCUT2D eigenvalue weighted by atomic mass is 9.85. The normalized spacial score (nSPS) is 25.8. The van der Waals surface area contributed by atoms with Crippen molar-refractivity contribution in [3.05, 3.63) is 36.1 Å². The molecule has 0 bridgehead atoms. The molecule has 0 spiro atoms. The number of nitrogens with two attached hydrogens (primary N) is 1. The van der Waals surface area contributed by atoms with Crippen LogP contribution in [0.25, 0.3) is 0 Å². The van der Waals surface area contributed by atoms with Crippen LogP contribution in [-0.4, -0.2) is 60.2 Å². The topological polar surface area (TPSA) is 104 Å². The molecule has 0 aromatic carbocycles. The summed E-state index contributed by atoms with van der Waals surface area (Å²) in [6.07, 6.45) is 11.7. The zero-order valence-electron chi connectivity index (χ0n) is 17.8. The van der Waals surface area contributed by atoms with E-state index in [1.165, 1.54) is 12.2 Å². The summed E-state index contributed by atoms with van der Waals surface area (Å²) in [5.74, 6) is -4.39. The Bertz CT molecular complexity index is 800. The third-order valence-electron chi connectivity index (χ3n) is 6.02. The largest absolute Gasteiger partial charge is 0.475 e. The summed E-state index contributed by atoms with van der Waals surface area (Å²) in [4.78, 5) is 18.2. The van der Waals surface area contributed by atoms with Crippen LogP contribution in [-0.2, 0) is 9.53 Å². The minimum atomic E-state index is -2.83. The molecular weight excluding hydrogens is 404 g/mol. The van der Waals surface area contributed by atoms with Crippen molar-refractivity contribution < 1.29 is 18.3 Å². The number of dihydropyridines is 1. The molecule has 0 aromatic heterocycles. The molecule has 3 rings (SSSR count). The van der Waals surface area contributed by atoms with Crippen LogP contribution in [0.1, 0.15) is 39.0 Å². The summed E-state index contributed by atoms with van der Waals surface area (Å²) in [6, 6.07) is -0.680. The molecule has 4 N–H and O–H groups in total. The maximum atomic E-state index is 14.5. The molecule has 1 saturated heterocycles. The molecular formula is C22H31F2N5O2. The van der Waals surface area contributed by atoms with Crippen molar-refractivity contribution in [2.24, 2.45) is 16.6 Å². The molecule has 2 atom stereocenters. The highest BCUT2D eigenvalue weighted by Gasteiger charge is 2.46. The Hall–Kier alpha value is -2.55. The molecule has 1 amide bonds. The number of aliphatic imine (C=N–C) groups is 1. The number of hydrogen-bond acceptors (Lipinski definition) is 5. The minimum absolute atomic E-state index is 0.0194. The first-order chi connectivity index (χ1) is 14.8. The summed E-state index contributed by atoms with van der Waals surface area (Å²) >= 11 is 0. The number of halogens is 2. The molecule has 1 saturated carbocycles. The fraction of sp³-hybridized carbons (Fsp3) is 0.591. The number of amides is 1. The fourth-order valence-electron chi connectivity index (χ4n) is 4.13. The summed E-state index contributed by atoms with van der Waals surface area (Å²) in [5, 5.41) is 10.8. The first kappa shape index (κ1) is 23.1. The van der Waals surface area contributed by atoms with Gasteiger partial charge in [0, 0.05) is 38.3 Å². The van der Waals surface area contributed by atoms with E-state index >= 15 is 0 Å². The monoisotopic (exact) mass is 435 g/mol. The van der Waals surface area contributed by atoms with Gasteiger partial charge in [-0.15, -0.1) is 0 Å². The van der Waals surface area contributed by atoms with Gasteiger partial charge in [0.1, 0.15) is 11.9 Å². The number of allylic oxidation sites excluding steroid dienone is 1. The molecule has 0 aromatic rings. The molecule has 2 heterocycles. The standard InChI is InChI=1S/C22H31F2N5O2/c1-15(21(30)28-19(25)8-9-20(26)31-17-6-2-3-7-17)29-12-10-22(23,24)18(14-29)16-5-4-11-27-13-16/h4-5,8-9,13,15,17-18,26-27H,2-3,6-7,10-12,14H2,1H3,(H2,25,28,30)/b9-8-,26-20?/t15-,18+/m0/s1. The van der Waals surface area contributed by atoms with E-state index in [1.54, 1.807) is 24.1 Å². The van der Waals surface area contributed by atoms with Gasteiger partial charge in [0.25, 0.3) is 11.8 Å². The maximum Gasteiger partial charge on any atom is 0.264 e. The Morgan fingerprint density at radius 1 is 1.42 bits per heavy atom. The first-order valence-corrected chi connectivity index (χ1v) is 10.8. The number of likely N-dealkylation sites (tertiary alicyclic amines) is 1. The van der Waals surface area contributed by atoms with Gasteiger partial charge in [0.15, 0.2) is 0 Å². The summed E-state index contributed by atoms with van der Waals surface area (Å²) in [7, 11) is 0. The molecule has 2 fully saturated rings. The van der Waals surface area contributed by atoms with Crippen LogP contribution in [0.2, 0.25) is 0 Å². The van der Waals surface area contributed by atoms with Crippen molar-refractivity contribution >= 4 is 17.6 Å². The van der Waals surface area contributed by atoms with Gasteiger partial charge in [0.05, 0.1) is 12.0 Å². The van der Waals surface area contributed by atoms with Crippen molar-refractivity contribution in [2.45, 2.75) is 57.1 Å². The van der Waals surface area contributed by atoms with Crippen LogP contribution >= 0.6 is 0 Å². The number of carbonyl (C=O) groups excluding carboxylic acids is 1. The highest BCUT2D eigenvalue weighted by Crippen LogP contribution is 2.39. The average Bonchev–Trinajstić information content (AvgIpc) is 3.25. The van der Waals surface area contributed by atoms with Crippen LogP contribution in [0.5, 0.6) is 0 Å². The zero-order valence-corrected chi connectivity index (χ0v) is 17.8. The number of nitrogens with zero attached hydrogens (tertiary/aromatic N) is 2. The van der Waals surface area contributed by atoms with Gasteiger partial charge in [-0.25, -0.2) is 8.78 Å². The van der Waals surface area contributed by atoms with Crippen LogP contribution in [0.3, 0.4) is 0 Å². The molecule has 31 heavy (non-hydrogen) atoms. The van der Waals surface area contributed by atoms with Crippen molar-refractivity contribution in [2.75, 3.05) is 19.6 Å². The van der Waals surface area contributed by atoms with Gasteiger partial charge < -0.3 is 15.8 Å². The number of rotatable bonds is 6. The molecule has 0 radical (unpaired) electrons. The first-order valence-electron chi connectivity index (χ1n) is 10.8. The van der Waals surface area contributed by atoms with Crippen LogP contribution in [0.15, 0.2) is 41.1 Å². The van der Waals surface area contributed by atoms with E-state index < -0.39 is 23.8 Å². The van der Waals surface area contributed by atoms with Crippen molar-refractivity contribution in [1.82, 2.24) is 10.2 Å². The smallest absolute Gasteiger partial charge is 0.264 e. The SMILES string of the molecule is C[C@@H](C(=O)N=C(N)/C=C\C(=N)OC1CCCC1)N1CCC(F)(F)[C@@H](C2=CNCC=C2)C1.